The standard InChI is InChI=1S/C15H13ClN4O/c1-9-2-3-10(11(4-9)6-17)7-20-8-12(16)5-13(14(20)18)15(19)21/h2-5,8,18H,7H2,1H3,(H2,19,21). The van der Waals surface area contributed by atoms with Gasteiger partial charge in [0.1, 0.15) is 5.49 Å². The van der Waals surface area contributed by atoms with Crippen LogP contribution in [0.25, 0.3) is 0 Å². The minimum Gasteiger partial charge on any atom is -0.365 e. The van der Waals surface area contributed by atoms with Gasteiger partial charge in [-0.1, -0.05) is 23.7 Å². The zero-order chi connectivity index (χ0) is 15.6. The number of carbonyl (C=O) groups is 1. The van der Waals surface area contributed by atoms with Crippen LogP contribution in [-0.4, -0.2) is 10.5 Å². The van der Waals surface area contributed by atoms with Gasteiger partial charge in [0.15, 0.2) is 0 Å². The molecule has 3 N–H and O–H groups in total. The number of hydrogen-bond acceptors (Lipinski definition) is 3. The number of hydrogen-bond donors (Lipinski definition) is 2. The third-order valence-corrected chi connectivity index (χ3v) is 3.30. The summed E-state index contributed by atoms with van der Waals surface area (Å²) in [5.74, 6) is -0.708. The van der Waals surface area contributed by atoms with Crippen LogP contribution >= 0.6 is 11.6 Å². The van der Waals surface area contributed by atoms with Crippen LogP contribution in [-0.2, 0) is 6.54 Å². The van der Waals surface area contributed by atoms with Crippen molar-refractivity contribution in [3.63, 3.8) is 0 Å². The van der Waals surface area contributed by atoms with E-state index < -0.39 is 5.91 Å². The molecule has 0 fully saturated rings. The van der Waals surface area contributed by atoms with Gasteiger partial charge >= 0.3 is 0 Å². The molecule has 106 valence electrons. The van der Waals surface area contributed by atoms with Crippen LogP contribution in [0.5, 0.6) is 0 Å². The molecule has 2 rings (SSSR count). The Labute approximate surface area is 126 Å². The van der Waals surface area contributed by atoms with Crippen molar-refractivity contribution in [2.75, 3.05) is 0 Å². The average Bonchev–Trinajstić information content (AvgIpc) is 2.43. The predicted octanol–water partition coefficient (Wildman–Crippen LogP) is 1.95. The zero-order valence-electron chi connectivity index (χ0n) is 11.4. The highest BCUT2D eigenvalue weighted by Gasteiger charge is 2.10. The Morgan fingerprint density at radius 1 is 1.48 bits per heavy atom. The van der Waals surface area contributed by atoms with E-state index in [0.717, 1.165) is 11.1 Å². The van der Waals surface area contributed by atoms with Crippen LogP contribution in [0.15, 0.2) is 30.5 Å². The molecule has 0 saturated carbocycles. The molecule has 2 aromatic rings. The van der Waals surface area contributed by atoms with Crippen molar-refractivity contribution in [2.45, 2.75) is 13.5 Å². The molecule has 0 radical (unpaired) electrons. The van der Waals surface area contributed by atoms with Gasteiger partial charge in [0.05, 0.1) is 28.8 Å². The maximum Gasteiger partial charge on any atom is 0.252 e. The van der Waals surface area contributed by atoms with Gasteiger partial charge in [-0.15, -0.1) is 0 Å². The SMILES string of the molecule is Cc1ccc(Cn2cc(Cl)cc(C(N)=O)c2=N)c(C#N)c1. The topological polar surface area (TPSA) is 95.7 Å². The number of nitrogens with zero attached hydrogens (tertiary/aromatic N) is 2. The van der Waals surface area contributed by atoms with Crippen molar-refractivity contribution in [2.24, 2.45) is 5.73 Å². The van der Waals surface area contributed by atoms with Crippen molar-refractivity contribution in [3.8, 4) is 6.07 Å². The number of primary amides is 1. The van der Waals surface area contributed by atoms with E-state index in [-0.39, 0.29) is 17.6 Å². The first-order valence-corrected chi connectivity index (χ1v) is 6.54. The number of pyridine rings is 1. The maximum atomic E-state index is 11.3. The quantitative estimate of drug-likeness (QED) is 0.906. The number of nitrogens with one attached hydrogen (secondary N) is 1. The van der Waals surface area contributed by atoms with Gasteiger partial charge in [0, 0.05) is 6.20 Å². The molecule has 0 unspecified atom stereocenters. The van der Waals surface area contributed by atoms with E-state index >= 15 is 0 Å². The number of amides is 1. The first-order chi connectivity index (χ1) is 9.92. The van der Waals surface area contributed by atoms with Crippen molar-refractivity contribution in [1.29, 1.82) is 10.7 Å². The van der Waals surface area contributed by atoms with Crippen molar-refractivity contribution in [1.82, 2.24) is 4.57 Å². The van der Waals surface area contributed by atoms with E-state index in [0.29, 0.717) is 10.6 Å². The predicted molar refractivity (Wildman–Crippen MR) is 78.8 cm³/mol. The molecular formula is C15H13ClN4O. The second-order valence-electron chi connectivity index (χ2n) is 4.69. The molecule has 0 aliphatic heterocycles. The number of aryl methyl sites for hydroxylation is 1. The Bertz CT molecular complexity index is 817. The smallest absolute Gasteiger partial charge is 0.252 e. The Hall–Kier alpha value is -2.58. The van der Waals surface area contributed by atoms with E-state index in [4.69, 9.17) is 22.7 Å². The van der Waals surface area contributed by atoms with Crippen LogP contribution in [0, 0.1) is 23.7 Å². The molecule has 0 saturated heterocycles. The molecule has 1 amide bonds. The van der Waals surface area contributed by atoms with E-state index in [1.165, 1.54) is 16.8 Å². The number of benzene rings is 1. The number of nitriles is 1. The van der Waals surface area contributed by atoms with Crippen LogP contribution < -0.4 is 11.2 Å². The van der Waals surface area contributed by atoms with E-state index in [1.807, 2.05) is 19.1 Å². The molecular weight excluding hydrogens is 288 g/mol. The first-order valence-electron chi connectivity index (χ1n) is 6.16. The number of carbonyl (C=O) groups excluding carboxylic acids is 1. The minimum absolute atomic E-state index is 0.0311. The molecule has 1 aromatic carbocycles. The highest BCUT2D eigenvalue weighted by molar-refractivity contribution is 6.30. The fourth-order valence-electron chi connectivity index (χ4n) is 2.04. The molecule has 0 atom stereocenters. The van der Waals surface area contributed by atoms with Crippen LogP contribution in [0.2, 0.25) is 5.02 Å². The van der Waals surface area contributed by atoms with Crippen molar-refractivity contribution in [3.05, 3.63) is 63.2 Å². The van der Waals surface area contributed by atoms with E-state index in [1.54, 1.807) is 6.07 Å². The molecule has 21 heavy (non-hydrogen) atoms. The summed E-state index contributed by atoms with van der Waals surface area (Å²) in [5.41, 5.74) is 7.52. The molecule has 0 spiro atoms. The second-order valence-corrected chi connectivity index (χ2v) is 5.12. The van der Waals surface area contributed by atoms with Crippen molar-refractivity contribution < 1.29 is 4.79 Å². The Balaban J connectivity index is 2.53. The highest BCUT2D eigenvalue weighted by Crippen LogP contribution is 2.14. The molecule has 1 heterocycles. The summed E-state index contributed by atoms with van der Waals surface area (Å²) < 4.78 is 1.49. The lowest BCUT2D eigenvalue weighted by Crippen LogP contribution is -2.30. The van der Waals surface area contributed by atoms with Gasteiger partial charge in [0.2, 0.25) is 0 Å². The van der Waals surface area contributed by atoms with Crippen molar-refractivity contribution >= 4 is 17.5 Å². The molecule has 0 bridgehead atoms. The van der Waals surface area contributed by atoms with Gasteiger partial charge in [-0.25, -0.2) is 0 Å². The summed E-state index contributed by atoms with van der Waals surface area (Å²) in [5, 5.41) is 17.5. The molecule has 1 aromatic heterocycles. The second kappa shape index (κ2) is 5.81. The third kappa shape index (κ3) is 3.12. The summed E-state index contributed by atoms with van der Waals surface area (Å²) in [6.07, 6.45) is 1.54. The fraction of sp³-hybridized carbons (Fsp3) is 0.133. The normalized spacial score (nSPS) is 10.1. The minimum atomic E-state index is -0.708. The summed E-state index contributed by atoms with van der Waals surface area (Å²) >= 11 is 5.95. The maximum absolute atomic E-state index is 11.3. The lowest BCUT2D eigenvalue weighted by atomic mass is 10.1. The number of rotatable bonds is 3. The zero-order valence-corrected chi connectivity index (χ0v) is 12.1. The fourth-order valence-corrected chi connectivity index (χ4v) is 2.27. The van der Waals surface area contributed by atoms with Gasteiger partial charge in [0.25, 0.3) is 5.91 Å². The molecule has 5 nitrogen and oxygen atoms in total. The number of nitrogens with two attached hydrogens (primary N) is 1. The lowest BCUT2D eigenvalue weighted by Gasteiger charge is -2.11. The third-order valence-electron chi connectivity index (χ3n) is 3.10. The van der Waals surface area contributed by atoms with Gasteiger partial charge in [-0.2, -0.15) is 5.26 Å². The number of halogens is 1. The van der Waals surface area contributed by atoms with E-state index in [2.05, 4.69) is 6.07 Å². The monoisotopic (exact) mass is 300 g/mol. The summed E-state index contributed by atoms with van der Waals surface area (Å²) in [6, 6.07) is 8.98. The Kier molecular flexibility index (Phi) is 4.10. The van der Waals surface area contributed by atoms with E-state index in [9.17, 15) is 10.1 Å². The summed E-state index contributed by atoms with van der Waals surface area (Å²) in [6.45, 7) is 2.17. The van der Waals surface area contributed by atoms with Crippen LogP contribution in [0.4, 0.5) is 0 Å². The lowest BCUT2D eigenvalue weighted by molar-refractivity contribution is 0.0998. The highest BCUT2D eigenvalue weighted by atomic mass is 35.5. The first kappa shape index (κ1) is 14.8. The molecule has 6 heteroatoms. The summed E-state index contributed by atoms with van der Waals surface area (Å²) in [4.78, 5) is 11.3. The largest absolute Gasteiger partial charge is 0.365 e. The summed E-state index contributed by atoms with van der Waals surface area (Å²) in [7, 11) is 0. The Morgan fingerprint density at radius 3 is 2.81 bits per heavy atom. The van der Waals surface area contributed by atoms with Crippen LogP contribution in [0.3, 0.4) is 0 Å². The van der Waals surface area contributed by atoms with Gasteiger partial charge < -0.3 is 10.3 Å². The van der Waals surface area contributed by atoms with Gasteiger partial charge in [-0.3, -0.25) is 10.2 Å². The molecule has 0 aliphatic carbocycles. The van der Waals surface area contributed by atoms with Gasteiger partial charge in [-0.05, 0) is 30.2 Å². The van der Waals surface area contributed by atoms with Crippen LogP contribution in [0.1, 0.15) is 27.0 Å². The molecule has 0 aliphatic rings. The Morgan fingerprint density at radius 2 is 2.19 bits per heavy atom. The number of aromatic nitrogens is 1. The average molecular weight is 301 g/mol.